The fourth-order valence-electron chi connectivity index (χ4n) is 1.68. The highest BCUT2D eigenvalue weighted by molar-refractivity contribution is 7.10. The molecule has 0 aromatic carbocycles. The largest absolute Gasteiger partial charge is 0.494 e. The van der Waals surface area contributed by atoms with Crippen LogP contribution in [0.25, 0.3) is 6.08 Å². The minimum Gasteiger partial charge on any atom is -0.494 e. The van der Waals surface area contributed by atoms with Crippen molar-refractivity contribution in [3.8, 4) is 5.88 Å². The van der Waals surface area contributed by atoms with Gasteiger partial charge in [0.1, 0.15) is 5.56 Å². The fourth-order valence-corrected chi connectivity index (χ4v) is 2.29. The maximum Gasteiger partial charge on any atom is 0.333 e. The van der Waals surface area contributed by atoms with Gasteiger partial charge in [-0.1, -0.05) is 6.07 Å². The van der Waals surface area contributed by atoms with Gasteiger partial charge in [0.2, 0.25) is 5.88 Å². The van der Waals surface area contributed by atoms with Crippen LogP contribution in [0, 0.1) is 0 Å². The highest BCUT2D eigenvalue weighted by Crippen LogP contribution is 2.13. The minimum atomic E-state index is -0.813. The number of hydrogen-bond donors (Lipinski definition) is 1. The van der Waals surface area contributed by atoms with E-state index in [0.717, 1.165) is 14.0 Å². The van der Waals surface area contributed by atoms with Gasteiger partial charge in [-0.3, -0.25) is 18.7 Å². The molecule has 104 valence electrons. The summed E-state index contributed by atoms with van der Waals surface area (Å²) in [5.74, 6) is -1.27. The molecule has 1 N–H and O–H groups in total. The third-order valence-corrected chi connectivity index (χ3v) is 3.66. The highest BCUT2D eigenvalue weighted by atomic mass is 32.1. The lowest BCUT2D eigenvalue weighted by atomic mass is 10.2. The van der Waals surface area contributed by atoms with Crippen LogP contribution in [0.4, 0.5) is 0 Å². The predicted molar refractivity (Wildman–Crippen MR) is 76.3 cm³/mol. The maximum absolute atomic E-state index is 12.0. The van der Waals surface area contributed by atoms with Crippen molar-refractivity contribution in [2.24, 2.45) is 14.1 Å². The van der Waals surface area contributed by atoms with E-state index in [9.17, 15) is 19.5 Å². The zero-order valence-electron chi connectivity index (χ0n) is 10.9. The average Bonchev–Trinajstić information content (AvgIpc) is 2.94. The number of aromatic hydroxyl groups is 1. The average molecular weight is 292 g/mol. The molecule has 0 spiro atoms. The Bertz CT molecular complexity index is 797. The lowest BCUT2D eigenvalue weighted by molar-refractivity contribution is 0.104. The molecule has 0 aliphatic carbocycles. The molecule has 0 radical (unpaired) electrons. The maximum atomic E-state index is 12.0. The highest BCUT2D eigenvalue weighted by Gasteiger charge is 2.19. The molecular weight excluding hydrogens is 280 g/mol. The van der Waals surface area contributed by atoms with Gasteiger partial charge in [0.15, 0.2) is 5.78 Å². The fraction of sp³-hybridized carbons (Fsp3) is 0.154. The van der Waals surface area contributed by atoms with Gasteiger partial charge in [0.05, 0.1) is 0 Å². The van der Waals surface area contributed by atoms with Crippen LogP contribution in [-0.4, -0.2) is 20.0 Å². The van der Waals surface area contributed by atoms with E-state index in [4.69, 9.17) is 0 Å². The van der Waals surface area contributed by atoms with Gasteiger partial charge in [-0.2, -0.15) is 0 Å². The van der Waals surface area contributed by atoms with Crippen molar-refractivity contribution < 1.29 is 9.90 Å². The summed E-state index contributed by atoms with van der Waals surface area (Å²) in [6.45, 7) is 0. The Hall–Kier alpha value is -2.41. The Morgan fingerprint density at radius 3 is 2.60 bits per heavy atom. The molecule has 6 nitrogen and oxygen atoms in total. The Morgan fingerprint density at radius 1 is 1.30 bits per heavy atom. The van der Waals surface area contributed by atoms with Crippen LogP contribution >= 0.6 is 11.3 Å². The van der Waals surface area contributed by atoms with E-state index < -0.39 is 28.5 Å². The quantitative estimate of drug-likeness (QED) is 0.668. The number of thiophene rings is 1. The number of allylic oxidation sites excluding steroid dienone is 1. The molecule has 2 rings (SSSR count). The molecule has 0 fully saturated rings. The number of hydrogen-bond acceptors (Lipinski definition) is 5. The zero-order valence-corrected chi connectivity index (χ0v) is 11.7. The second kappa shape index (κ2) is 5.30. The van der Waals surface area contributed by atoms with Crippen molar-refractivity contribution in [3.05, 3.63) is 54.9 Å². The summed E-state index contributed by atoms with van der Waals surface area (Å²) >= 11 is 1.44. The molecule has 2 heterocycles. The minimum absolute atomic E-state index is 0.414. The zero-order chi connectivity index (χ0) is 14.9. The van der Waals surface area contributed by atoms with Crippen LogP contribution < -0.4 is 11.2 Å². The molecule has 2 aromatic rings. The van der Waals surface area contributed by atoms with Crippen molar-refractivity contribution in [2.45, 2.75) is 0 Å². The lowest BCUT2D eigenvalue weighted by Crippen LogP contribution is -2.39. The third kappa shape index (κ3) is 2.35. The number of ketones is 1. The number of carbonyl (C=O) groups excluding carboxylic acids is 1. The van der Waals surface area contributed by atoms with E-state index in [2.05, 4.69) is 0 Å². The normalized spacial score (nSPS) is 11.1. The van der Waals surface area contributed by atoms with Crippen molar-refractivity contribution in [1.29, 1.82) is 0 Å². The summed E-state index contributed by atoms with van der Waals surface area (Å²) in [6, 6.07) is 3.64. The van der Waals surface area contributed by atoms with E-state index >= 15 is 0 Å². The molecule has 0 saturated heterocycles. The first-order valence-electron chi connectivity index (χ1n) is 5.68. The molecule has 2 aromatic heterocycles. The summed E-state index contributed by atoms with van der Waals surface area (Å²) in [5, 5.41) is 11.7. The monoisotopic (exact) mass is 292 g/mol. The summed E-state index contributed by atoms with van der Waals surface area (Å²) in [6.07, 6.45) is 2.75. The first-order chi connectivity index (χ1) is 9.43. The Balaban J connectivity index is 2.51. The predicted octanol–water partition coefficient (Wildman–Crippen LogP) is 0.747. The summed E-state index contributed by atoms with van der Waals surface area (Å²) in [4.78, 5) is 36.3. The van der Waals surface area contributed by atoms with Gasteiger partial charge in [-0.15, -0.1) is 11.3 Å². The Kier molecular flexibility index (Phi) is 3.71. The van der Waals surface area contributed by atoms with Crippen LogP contribution in [0.5, 0.6) is 5.88 Å². The second-order valence-electron chi connectivity index (χ2n) is 4.12. The molecule has 7 heteroatoms. The van der Waals surface area contributed by atoms with E-state index in [1.54, 1.807) is 6.08 Å². The van der Waals surface area contributed by atoms with Gasteiger partial charge in [0, 0.05) is 19.0 Å². The number of aromatic nitrogens is 2. The Morgan fingerprint density at radius 2 is 2.00 bits per heavy atom. The molecule has 0 saturated carbocycles. The number of carbonyl (C=O) groups is 1. The van der Waals surface area contributed by atoms with Crippen LogP contribution in [0.3, 0.4) is 0 Å². The summed E-state index contributed by atoms with van der Waals surface area (Å²) in [7, 11) is 2.54. The van der Waals surface area contributed by atoms with E-state index in [1.807, 2.05) is 17.5 Å². The molecule has 0 amide bonds. The van der Waals surface area contributed by atoms with E-state index in [-0.39, 0.29) is 0 Å². The summed E-state index contributed by atoms with van der Waals surface area (Å²) < 4.78 is 1.64. The van der Waals surface area contributed by atoms with Crippen molar-refractivity contribution in [1.82, 2.24) is 9.13 Å². The molecule has 0 aliphatic rings. The first-order valence-corrected chi connectivity index (χ1v) is 6.56. The molecular formula is C13H12N2O4S. The van der Waals surface area contributed by atoms with Crippen LogP contribution in [0.1, 0.15) is 15.2 Å². The molecule has 20 heavy (non-hydrogen) atoms. The second-order valence-corrected chi connectivity index (χ2v) is 5.10. The smallest absolute Gasteiger partial charge is 0.333 e. The first kappa shape index (κ1) is 14.0. The van der Waals surface area contributed by atoms with E-state index in [0.29, 0.717) is 0 Å². The standard InChI is InChI=1S/C13H12N2O4S/c1-14-11(17)10(12(18)15(2)13(14)19)9(16)6-5-8-4-3-7-20-8/h3-7,17H,1-2H3. The van der Waals surface area contributed by atoms with Crippen LogP contribution in [0.2, 0.25) is 0 Å². The number of nitrogens with zero attached hydrogens (tertiary/aromatic N) is 2. The lowest BCUT2D eigenvalue weighted by Gasteiger charge is -2.07. The van der Waals surface area contributed by atoms with Gasteiger partial charge in [-0.25, -0.2) is 4.79 Å². The van der Waals surface area contributed by atoms with Crippen LogP contribution in [0.15, 0.2) is 33.2 Å². The van der Waals surface area contributed by atoms with Gasteiger partial charge >= 0.3 is 5.69 Å². The summed E-state index contributed by atoms with van der Waals surface area (Å²) in [5.41, 5.74) is -1.92. The molecule has 0 unspecified atom stereocenters. The number of rotatable bonds is 3. The Labute approximate surface area is 117 Å². The third-order valence-electron chi connectivity index (χ3n) is 2.82. The van der Waals surface area contributed by atoms with Crippen molar-refractivity contribution in [2.75, 3.05) is 0 Å². The van der Waals surface area contributed by atoms with Crippen molar-refractivity contribution >= 4 is 23.2 Å². The molecule has 0 aliphatic heterocycles. The molecule has 0 atom stereocenters. The van der Waals surface area contributed by atoms with Gasteiger partial charge in [0.25, 0.3) is 5.56 Å². The van der Waals surface area contributed by atoms with Crippen LogP contribution in [-0.2, 0) is 14.1 Å². The van der Waals surface area contributed by atoms with Crippen molar-refractivity contribution in [3.63, 3.8) is 0 Å². The SMILES string of the molecule is Cn1c(O)c(C(=O)C=Cc2cccs2)c(=O)n(C)c1=O. The molecule has 0 bridgehead atoms. The topological polar surface area (TPSA) is 81.3 Å². The van der Waals surface area contributed by atoms with Gasteiger partial charge in [-0.05, 0) is 23.6 Å². The van der Waals surface area contributed by atoms with E-state index in [1.165, 1.54) is 31.5 Å². The van der Waals surface area contributed by atoms with Gasteiger partial charge < -0.3 is 5.11 Å².